The van der Waals surface area contributed by atoms with Crippen molar-refractivity contribution in [3.63, 3.8) is 0 Å². The Balaban J connectivity index is 1.90. The molecule has 1 N–H and O–H groups in total. The molecule has 3 rings (SSSR count). The molecule has 10 heteroatoms. The van der Waals surface area contributed by atoms with Crippen molar-refractivity contribution in [3.05, 3.63) is 40.6 Å². The predicted octanol–water partition coefficient (Wildman–Crippen LogP) is 2.82. The Labute approximate surface area is 136 Å². The zero-order valence-corrected chi connectivity index (χ0v) is 13.1. The van der Waals surface area contributed by atoms with Gasteiger partial charge >= 0.3 is 6.18 Å². The topological polar surface area (TPSA) is 67.8 Å². The fraction of sp³-hybridized carbons (Fsp3) is 0.308. The third-order valence-corrected chi connectivity index (χ3v) is 4.89. The van der Waals surface area contributed by atoms with E-state index in [9.17, 15) is 17.4 Å². The Morgan fingerprint density at radius 1 is 1.35 bits per heavy atom. The summed E-state index contributed by atoms with van der Waals surface area (Å²) in [7, 11) is -1.28. The van der Waals surface area contributed by atoms with Crippen LogP contribution < -0.4 is 5.32 Å². The zero-order chi connectivity index (χ0) is 16.6. The average Bonchev–Trinajstić information content (AvgIpc) is 2.85. The Morgan fingerprint density at radius 3 is 2.87 bits per heavy atom. The van der Waals surface area contributed by atoms with Gasteiger partial charge in [0.05, 0.1) is 16.5 Å². The molecule has 3 heterocycles. The summed E-state index contributed by atoms with van der Waals surface area (Å²) < 4.78 is 50.8. The number of hydrogen-bond acceptors (Lipinski definition) is 5. The molecule has 1 aliphatic heterocycles. The molecule has 0 spiro atoms. The molecule has 0 aromatic carbocycles. The molecule has 0 radical (unpaired) electrons. The highest BCUT2D eigenvalue weighted by molar-refractivity contribution is 7.85. The molecular weight excluding hydrogens is 353 g/mol. The second kappa shape index (κ2) is 6.04. The Hall–Kier alpha value is -1.74. The van der Waals surface area contributed by atoms with Crippen LogP contribution in [0.2, 0.25) is 5.28 Å². The van der Waals surface area contributed by atoms with Crippen molar-refractivity contribution in [2.45, 2.75) is 24.0 Å². The number of halogens is 4. The molecule has 2 aromatic heterocycles. The van der Waals surface area contributed by atoms with Gasteiger partial charge in [0.1, 0.15) is 16.4 Å². The third kappa shape index (κ3) is 3.30. The van der Waals surface area contributed by atoms with Crippen molar-refractivity contribution in [3.8, 4) is 0 Å². The van der Waals surface area contributed by atoms with Gasteiger partial charge in [-0.1, -0.05) is 6.07 Å². The molecule has 2 aromatic rings. The molecule has 1 atom stereocenters. The van der Waals surface area contributed by atoms with Crippen LogP contribution in [0.5, 0.6) is 0 Å². The lowest BCUT2D eigenvalue weighted by molar-refractivity contribution is -0.141. The van der Waals surface area contributed by atoms with E-state index in [2.05, 4.69) is 20.3 Å². The van der Waals surface area contributed by atoms with E-state index in [0.717, 1.165) is 6.20 Å². The molecular formula is C13H10ClF3N4OS. The van der Waals surface area contributed by atoms with Crippen LogP contribution in [-0.2, 0) is 29.9 Å². The second-order valence-electron chi connectivity index (χ2n) is 4.78. The molecule has 0 saturated carbocycles. The highest BCUT2D eigenvalue weighted by atomic mass is 35.5. The summed E-state index contributed by atoms with van der Waals surface area (Å²) in [5, 5.41) is 2.74. The number of aryl methyl sites for hydroxylation is 1. The first-order valence-electron chi connectivity index (χ1n) is 6.56. The maximum Gasteiger partial charge on any atom is 0.433 e. The van der Waals surface area contributed by atoms with Gasteiger partial charge in [-0.3, -0.25) is 9.19 Å². The van der Waals surface area contributed by atoms with Gasteiger partial charge < -0.3 is 5.32 Å². The minimum absolute atomic E-state index is 0.0348. The summed E-state index contributed by atoms with van der Waals surface area (Å²) >= 11 is 5.81. The number of nitrogens with one attached hydrogen (secondary N) is 1. The lowest BCUT2D eigenvalue weighted by Crippen LogP contribution is -2.15. The van der Waals surface area contributed by atoms with E-state index in [-0.39, 0.29) is 23.2 Å². The number of nitrogens with zero attached hydrogens (tertiary/aromatic N) is 3. The number of hydrogen-bond donors (Lipinski definition) is 1. The van der Waals surface area contributed by atoms with E-state index in [4.69, 9.17) is 11.6 Å². The summed E-state index contributed by atoms with van der Waals surface area (Å²) in [6.45, 7) is -0.167. The molecule has 0 saturated heterocycles. The number of rotatable bonds is 3. The molecule has 0 fully saturated rings. The number of pyridine rings is 1. The highest BCUT2D eigenvalue weighted by Crippen LogP contribution is 2.32. The molecule has 5 nitrogen and oxygen atoms in total. The van der Waals surface area contributed by atoms with Crippen molar-refractivity contribution < 1.29 is 17.4 Å². The Kier molecular flexibility index (Phi) is 4.24. The van der Waals surface area contributed by atoms with Crippen LogP contribution in [0.15, 0.2) is 23.2 Å². The summed E-state index contributed by atoms with van der Waals surface area (Å²) in [5.41, 5.74) is -0.439. The van der Waals surface area contributed by atoms with E-state index < -0.39 is 22.7 Å². The molecule has 0 aliphatic carbocycles. The van der Waals surface area contributed by atoms with Gasteiger partial charge in [0.2, 0.25) is 5.28 Å². The van der Waals surface area contributed by atoms with Crippen LogP contribution in [0, 0.1) is 0 Å². The van der Waals surface area contributed by atoms with Crippen LogP contribution in [0.1, 0.15) is 17.0 Å². The van der Waals surface area contributed by atoms with Crippen LogP contribution in [0.4, 0.5) is 19.0 Å². The van der Waals surface area contributed by atoms with Gasteiger partial charge in [0.25, 0.3) is 0 Å². The molecule has 0 bridgehead atoms. The lowest BCUT2D eigenvalue weighted by Gasteiger charge is -2.13. The fourth-order valence-electron chi connectivity index (χ4n) is 2.30. The van der Waals surface area contributed by atoms with Crippen LogP contribution in [0.25, 0.3) is 0 Å². The zero-order valence-electron chi connectivity index (χ0n) is 11.5. The molecule has 23 heavy (non-hydrogen) atoms. The van der Waals surface area contributed by atoms with E-state index in [1.165, 1.54) is 12.1 Å². The Bertz CT molecular complexity index is 784. The molecule has 0 amide bonds. The molecule has 122 valence electrons. The standard InChI is InChI=1S/C13H10ClF3N4OS/c14-12-20-8-3-5-23(22)9(8)11(21-12)19-6-7-2-1-4-18-10(7)13(15,16)17/h1-2,4H,3,5-6H2,(H,19,20,21)/t23-/m0/s1. The van der Waals surface area contributed by atoms with Crippen molar-refractivity contribution in [2.75, 3.05) is 11.1 Å². The minimum atomic E-state index is -4.55. The van der Waals surface area contributed by atoms with E-state index in [1.807, 2.05) is 0 Å². The van der Waals surface area contributed by atoms with Crippen LogP contribution >= 0.6 is 11.6 Å². The lowest BCUT2D eigenvalue weighted by atomic mass is 10.2. The highest BCUT2D eigenvalue weighted by Gasteiger charge is 2.35. The Morgan fingerprint density at radius 2 is 2.13 bits per heavy atom. The second-order valence-corrected chi connectivity index (χ2v) is 6.62. The maximum atomic E-state index is 12.9. The van der Waals surface area contributed by atoms with Gasteiger partial charge in [0.15, 0.2) is 0 Å². The molecule has 0 unspecified atom stereocenters. The van der Waals surface area contributed by atoms with Gasteiger partial charge in [-0.25, -0.2) is 4.98 Å². The largest absolute Gasteiger partial charge is 0.433 e. The third-order valence-electron chi connectivity index (χ3n) is 3.27. The van der Waals surface area contributed by atoms with Crippen molar-refractivity contribution in [1.29, 1.82) is 0 Å². The molecule has 1 aliphatic rings. The fourth-order valence-corrected chi connectivity index (χ4v) is 3.82. The van der Waals surface area contributed by atoms with E-state index >= 15 is 0 Å². The van der Waals surface area contributed by atoms with Crippen molar-refractivity contribution in [2.24, 2.45) is 0 Å². The van der Waals surface area contributed by atoms with Crippen LogP contribution in [-0.4, -0.2) is 24.9 Å². The van der Waals surface area contributed by atoms with Crippen LogP contribution in [0.3, 0.4) is 0 Å². The number of fused-ring (bicyclic) bond motifs is 1. The maximum absolute atomic E-state index is 12.9. The minimum Gasteiger partial charge on any atom is -0.365 e. The quantitative estimate of drug-likeness (QED) is 0.850. The van der Waals surface area contributed by atoms with Gasteiger partial charge in [-0.15, -0.1) is 0 Å². The van der Waals surface area contributed by atoms with Gasteiger partial charge in [0, 0.05) is 30.5 Å². The first kappa shape index (κ1) is 16.1. The first-order valence-corrected chi connectivity index (χ1v) is 8.25. The van der Waals surface area contributed by atoms with Crippen molar-refractivity contribution >= 4 is 28.2 Å². The number of anilines is 1. The summed E-state index contributed by atoms with van der Waals surface area (Å²) in [5.74, 6) is 0.604. The predicted molar refractivity (Wildman–Crippen MR) is 78.6 cm³/mol. The average molecular weight is 363 g/mol. The van der Waals surface area contributed by atoms with Gasteiger partial charge in [-0.2, -0.15) is 18.2 Å². The van der Waals surface area contributed by atoms with Gasteiger partial charge in [-0.05, 0) is 17.7 Å². The number of alkyl halides is 3. The summed E-state index contributed by atoms with van der Waals surface area (Å²) in [6.07, 6.45) is -2.97. The SMILES string of the molecule is O=[S@]1CCc2nc(Cl)nc(NCc3cccnc3C(F)(F)F)c21. The smallest absolute Gasteiger partial charge is 0.365 e. The summed E-state index contributed by atoms with van der Waals surface area (Å²) in [4.78, 5) is 11.7. The summed E-state index contributed by atoms with van der Waals surface area (Å²) in [6, 6.07) is 2.74. The van der Waals surface area contributed by atoms with E-state index in [0.29, 0.717) is 22.8 Å². The van der Waals surface area contributed by atoms with Crippen molar-refractivity contribution in [1.82, 2.24) is 15.0 Å². The number of aromatic nitrogens is 3. The van der Waals surface area contributed by atoms with E-state index in [1.54, 1.807) is 0 Å². The first-order chi connectivity index (χ1) is 10.9. The normalized spacial score (nSPS) is 17.1. The monoisotopic (exact) mass is 362 g/mol.